The zero-order valence-corrected chi connectivity index (χ0v) is 91.3. The standard InChI is InChI=1S/C77H77BN4O.C41H25BCl2N2O.C19H28/c1-71(2,3)46-31-35-59-55(41-46)74(9)37-17-19-39-76(74,11)81(59)48-33-34-57-62(43-48)79(61-29-22-25-51-50-23-14-16-30-65(50)83-70(51)61)63-44-49(82-60-36-32-47(72(4,5)6)42-56(60)75(10)38-18-20-40-77(75,82)12)45-64-67(63)78(57)58-28-21-26-53-66-69(80(64)68(53)58)52-24-13-15-27-54(52)73(66,7)8;1-41(2)28-13-5-3-10-26(28)39-36(41)27-12-7-14-30-38(27)46(39)34-21-23(44)20-33-37(34)42(30)29-18-17-22(43)19-32(29)45(33)31-15-8-11-25-24-9-4-6-16-35(24)47-40(25)31;1-17(2,3)15-9-8-14-13-18(4)10-6-7-11-19(18,5)16(14)12-15/h13-16,21-36,41-45H,17-20,37-40H2,1-12H3;3-21H,1-2H3;8-9,12H,6-7,10-11,13H2,1-5H3. The van der Waals surface area contributed by atoms with E-state index in [4.69, 9.17) is 32.0 Å². The summed E-state index contributed by atoms with van der Waals surface area (Å²) < 4.78 is 19.1. The minimum absolute atomic E-state index is 0.000224. The fraction of sp³-hybridized carbons (Fsp3) is 0.314. The number of nitrogens with zero attached hydrogens (tertiary/aromatic N) is 6. The minimum atomic E-state index is -0.204. The van der Waals surface area contributed by atoms with Crippen molar-refractivity contribution in [2.24, 2.45) is 5.41 Å². The number of benzene rings is 15. The number of fused-ring (bicyclic) bond motifs is 33. The van der Waals surface area contributed by atoms with Crippen LogP contribution in [-0.2, 0) is 49.7 Å². The van der Waals surface area contributed by atoms with E-state index in [1.165, 1.54) is 231 Å². The van der Waals surface area contributed by atoms with Gasteiger partial charge < -0.3 is 37.6 Å². The number of furan rings is 2. The highest BCUT2D eigenvalue weighted by Crippen LogP contribution is 2.68. The van der Waals surface area contributed by atoms with Gasteiger partial charge in [0, 0.05) is 143 Å². The van der Waals surface area contributed by atoms with Crippen LogP contribution in [0.15, 0.2) is 294 Å². The molecule has 0 saturated heterocycles. The Morgan fingerprint density at radius 3 is 1.21 bits per heavy atom. The van der Waals surface area contributed by atoms with E-state index in [-0.39, 0.29) is 62.4 Å². The van der Waals surface area contributed by atoms with Crippen molar-refractivity contribution in [3.63, 3.8) is 0 Å². The highest BCUT2D eigenvalue weighted by atomic mass is 35.5. The van der Waals surface area contributed by atoms with Gasteiger partial charge in [-0.2, -0.15) is 0 Å². The van der Waals surface area contributed by atoms with Crippen LogP contribution in [-0.4, -0.2) is 33.6 Å². The van der Waals surface area contributed by atoms with Crippen molar-refractivity contribution >= 4 is 192 Å². The van der Waals surface area contributed by atoms with Crippen LogP contribution in [0.1, 0.15) is 270 Å². The Kier molecular flexibility index (Phi) is 19.1. The van der Waals surface area contributed by atoms with Gasteiger partial charge in [-0.15, -0.1) is 0 Å². The molecule has 149 heavy (non-hydrogen) atoms. The van der Waals surface area contributed by atoms with E-state index < -0.39 is 0 Å². The molecule has 0 radical (unpaired) electrons. The first-order chi connectivity index (χ1) is 71.3. The molecule has 0 amide bonds. The molecule has 6 aliphatic heterocycles. The highest BCUT2D eigenvalue weighted by molar-refractivity contribution is 7.01. The lowest BCUT2D eigenvalue weighted by Crippen LogP contribution is -2.61. The molecular weight excluding hydrogens is 1850 g/mol. The fourth-order valence-electron chi connectivity index (χ4n) is 32.1. The Morgan fingerprint density at radius 1 is 0.295 bits per heavy atom. The van der Waals surface area contributed by atoms with Gasteiger partial charge in [0.1, 0.15) is 11.2 Å². The molecule has 12 heteroatoms. The SMILES string of the molecule is CC(C)(C)c1ccc2c(c1)C1(C)CCCCC1(C)C2.CC(C)(C)c1ccc2c(c1)C1(C)CCCCC1(C)N2c1ccc2c(c1)N(c1cccc3c1oc1ccccc13)c1cc(N3c4ccc(C(C)(C)C)cc4C4(C)CCCCC34C)cc3c1B2c1cccc2c4c(n-3c12)-c1ccccc1C4(C)C.CC1(C)c2ccccc2-c2c1c1cccc3c1n2-c1cc(Cl)cc2c1B3c1ccc(Cl)cc1N2c1cccc2c1oc1ccccc12. The second-order valence-corrected chi connectivity index (χ2v) is 52.7. The molecule has 8 nitrogen and oxygen atoms in total. The number of hydrogen-bond donors (Lipinski definition) is 0. The van der Waals surface area contributed by atoms with E-state index in [0.717, 1.165) is 91.6 Å². The minimum Gasteiger partial charge on any atom is -0.454 e. The molecule has 0 N–H and O–H groups in total. The maximum Gasteiger partial charge on any atom is 0.252 e. The number of aromatic nitrogens is 2. The van der Waals surface area contributed by atoms with Crippen LogP contribution in [0, 0.1) is 5.41 Å². The summed E-state index contributed by atoms with van der Waals surface area (Å²) in [6.45, 7) is 46.3. The number of anilines is 10. The van der Waals surface area contributed by atoms with Crippen molar-refractivity contribution in [1.29, 1.82) is 0 Å². The molecule has 31 rings (SSSR count). The molecule has 19 aromatic rings. The third-order valence-electron chi connectivity index (χ3n) is 40.3. The van der Waals surface area contributed by atoms with Crippen molar-refractivity contribution in [2.75, 3.05) is 19.6 Å². The average molecular weight is 1990 g/mol. The van der Waals surface area contributed by atoms with Crippen LogP contribution < -0.4 is 52.4 Å². The maximum atomic E-state index is 7.24. The van der Waals surface area contributed by atoms with Gasteiger partial charge in [-0.1, -0.05) is 380 Å². The van der Waals surface area contributed by atoms with E-state index in [9.17, 15) is 0 Å². The molecule has 4 aromatic heterocycles. The topological polar surface area (TPSA) is 49.1 Å². The lowest BCUT2D eigenvalue weighted by Gasteiger charge is -2.51. The van der Waals surface area contributed by atoms with E-state index >= 15 is 0 Å². The normalized spacial score (nSPS) is 22.5. The summed E-state index contributed by atoms with van der Waals surface area (Å²) in [5.41, 5.74) is 50.1. The Bertz CT molecular complexity index is 9130. The van der Waals surface area contributed by atoms with Gasteiger partial charge in [-0.25, -0.2) is 0 Å². The Balaban J connectivity index is 0.000000131. The first-order valence-electron chi connectivity index (χ1n) is 55.3. The number of halogens is 2. The van der Waals surface area contributed by atoms with E-state index in [2.05, 4.69) is 427 Å². The molecule has 0 bridgehead atoms. The molecular formula is C137H130B2Cl2N6O2. The summed E-state index contributed by atoms with van der Waals surface area (Å²) in [7, 11) is 0. The summed E-state index contributed by atoms with van der Waals surface area (Å²) in [5.74, 6) is 0. The quantitative estimate of drug-likeness (QED) is 0.164. The van der Waals surface area contributed by atoms with Crippen molar-refractivity contribution in [3.05, 3.63) is 356 Å². The zero-order chi connectivity index (χ0) is 102. The first kappa shape index (κ1) is 92.1. The van der Waals surface area contributed by atoms with Crippen molar-refractivity contribution < 1.29 is 8.83 Å². The molecule has 3 saturated carbocycles. The molecule has 0 spiro atoms. The van der Waals surface area contributed by atoms with Crippen LogP contribution in [0.4, 0.5) is 56.9 Å². The van der Waals surface area contributed by atoms with Gasteiger partial charge in [0.05, 0.1) is 33.8 Å². The molecule has 3 fully saturated rings. The smallest absolute Gasteiger partial charge is 0.252 e. The molecule has 15 aromatic carbocycles. The van der Waals surface area contributed by atoms with Crippen LogP contribution in [0.2, 0.25) is 10.0 Å². The Morgan fingerprint density at radius 2 is 0.691 bits per heavy atom. The third-order valence-corrected chi connectivity index (χ3v) is 40.8. The molecule has 6 atom stereocenters. The van der Waals surface area contributed by atoms with E-state index in [1.807, 2.05) is 18.2 Å². The molecule has 740 valence electrons. The predicted octanol–water partition coefficient (Wildman–Crippen LogP) is 33.7. The maximum absolute atomic E-state index is 7.24. The van der Waals surface area contributed by atoms with E-state index in [0.29, 0.717) is 20.9 Å². The molecule has 12 aliphatic rings. The van der Waals surface area contributed by atoms with Crippen LogP contribution in [0.5, 0.6) is 0 Å². The van der Waals surface area contributed by atoms with Gasteiger partial charge in [0.25, 0.3) is 13.4 Å². The largest absolute Gasteiger partial charge is 0.454 e. The zero-order valence-electron chi connectivity index (χ0n) is 89.7. The molecule has 10 heterocycles. The van der Waals surface area contributed by atoms with Gasteiger partial charge in [-0.3, -0.25) is 0 Å². The summed E-state index contributed by atoms with van der Waals surface area (Å²) >= 11 is 14.0. The number of hydrogen-bond acceptors (Lipinski definition) is 6. The second-order valence-electron chi connectivity index (χ2n) is 51.8. The van der Waals surface area contributed by atoms with E-state index in [1.54, 1.807) is 11.1 Å². The van der Waals surface area contributed by atoms with Gasteiger partial charge >= 0.3 is 0 Å². The van der Waals surface area contributed by atoms with Crippen LogP contribution >= 0.6 is 23.2 Å². The summed E-state index contributed by atoms with van der Waals surface area (Å²) in [6.07, 6.45) is 16.4. The van der Waals surface area contributed by atoms with Gasteiger partial charge in [-0.05, 0) is 265 Å². The lowest BCUT2D eigenvalue weighted by molar-refractivity contribution is 0.109. The lowest BCUT2D eigenvalue weighted by atomic mass is 9.33. The van der Waals surface area contributed by atoms with Gasteiger partial charge in [0.15, 0.2) is 11.2 Å². The van der Waals surface area contributed by atoms with Crippen molar-refractivity contribution in [1.82, 2.24) is 9.13 Å². The van der Waals surface area contributed by atoms with Crippen molar-refractivity contribution in [2.45, 2.75) is 269 Å². The number of rotatable bonds is 4. The Labute approximate surface area is 888 Å². The summed E-state index contributed by atoms with van der Waals surface area (Å²) in [4.78, 5) is 10.7. The highest BCUT2D eigenvalue weighted by Gasteiger charge is 2.62. The van der Waals surface area contributed by atoms with Gasteiger partial charge in [0.2, 0.25) is 0 Å². The molecule has 6 aliphatic carbocycles. The number of para-hydroxylation sites is 6. The third kappa shape index (κ3) is 12.1. The fourth-order valence-corrected chi connectivity index (χ4v) is 32.5. The van der Waals surface area contributed by atoms with Crippen LogP contribution in [0.25, 0.3) is 99.6 Å². The summed E-state index contributed by atoms with van der Waals surface area (Å²) in [6, 6.07) is 108. The second kappa shape index (κ2) is 30.9. The monoisotopic (exact) mass is 1980 g/mol. The average Bonchev–Trinajstić information content (AvgIpc) is 1.51. The van der Waals surface area contributed by atoms with Crippen LogP contribution in [0.3, 0.4) is 0 Å². The summed E-state index contributed by atoms with van der Waals surface area (Å²) in [5, 5.41) is 8.49. The van der Waals surface area contributed by atoms with Crippen molar-refractivity contribution in [3.8, 4) is 33.9 Å². The Hall–Kier alpha value is -13.1. The predicted molar refractivity (Wildman–Crippen MR) is 631 cm³/mol. The molecule has 6 unspecified atom stereocenters. The first-order valence-corrected chi connectivity index (χ1v) is 56.1.